The molecule has 1 rings (SSSR count). The lowest BCUT2D eigenvalue weighted by atomic mass is 9.95. The summed E-state index contributed by atoms with van der Waals surface area (Å²) in [4.78, 5) is 12.0. The largest absolute Gasteiger partial charge is 0.507 e. The smallest absolute Gasteiger partial charge is 0.224 e. The normalized spacial score (nSPS) is 12.5. The highest BCUT2D eigenvalue weighted by atomic mass is 16.3. The van der Waals surface area contributed by atoms with E-state index in [-0.39, 0.29) is 17.9 Å². The quantitative estimate of drug-likeness (QED) is 0.757. The third kappa shape index (κ3) is 4.24. The van der Waals surface area contributed by atoms with Gasteiger partial charge in [-0.1, -0.05) is 12.1 Å². The van der Waals surface area contributed by atoms with E-state index in [1.54, 1.807) is 0 Å². The van der Waals surface area contributed by atoms with E-state index >= 15 is 0 Å². The van der Waals surface area contributed by atoms with Gasteiger partial charge in [0, 0.05) is 12.6 Å². The second-order valence-corrected chi connectivity index (χ2v) is 5.38. The van der Waals surface area contributed by atoms with Crippen molar-refractivity contribution in [1.82, 2.24) is 5.32 Å². The van der Waals surface area contributed by atoms with Gasteiger partial charge in [0.1, 0.15) is 5.75 Å². The van der Waals surface area contributed by atoms with Crippen molar-refractivity contribution in [3.8, 4) is 5.75 Å². The number of rotatable bonds is 5. The molecule has 0 radical (unpaired) electrons. The average Bonchev–Trinajstić information content (AvgIpc) is 2.31. The van der Waals surface area contributed by atoms with Gasteiger partial charge in [-0.2, -0.15) is 0 Å². The Labute approximate surface area is 115 Å². The first kappa shape index (κ1) is 15.5. The van der Waals surface area contributed by atoms with Gasteiger partial charge in [0.25, 0.3) is 0 Å². The summed E-state index contributed by atoms with van der Waals surface area (Å²) in [5.41, 5.74) is 8.38. The molecule has 0 aliphatic rings. The molecule has 4 heteroatoms. The monoisotopic (exact) mass is 264 g/mol. The Balaban J connectivity index is 2.84. The maximum absolute atomic E-state index is 12.0. The molecule has 0 aliphatic carbocycles. The van der Waals surface area contributed by atoms with E-state index in [1.165, 1.54) is 0 Å². The third-order valence-electron chi connectivity index (χ3n) is 3.12. The molecule has 19 heavy (non-hydrogen) atoms. The van der Waals surface area contributed by atoms with Crippen LogP contribution in [0.3, 0.4) is 0 Å². The molecule has 1 atom stereocenters. The number of phenols is 1. The first-order valence-corrected chi connectivity index (χ1v) is 6.64. The molecule has 0 aliphatic heterocycles. The molecule has 0 aromatic heterocycles. The zero-order chi connectivity index (χ0) is 14.6. The van der Waals surface area contributed by atoms with Crippen molar-refractivity contribution in [2.75, 3.05) is 6.54 Å². The number of hydrogen-bond donors (Lipinski definition) is 3. The van der Waals surface area contributed by atoms with Crippen molar-refractivity contribution in [3.05, 3.63) is 28.8 Å². The highest BCUT2D eigenvalue weighted by Gasteiger charge is 2.18. The van der Waals surface area contributed by atoms with Gasteiger partial charge in [-0.3, -0.25) is 4.79 Å². The van der Waals surface area contributed by atoms with Gasteiger partial charge in [0.2, 0.25) is 5.91 Å². The average molecular weight is 264 g/mol. The van der Waals surface area contributed by atoms with E-state index in [9.17, 15) is 9.90 Å². The molecule has 1 aromatic carbocycles. The van der Waals surface area contributed by atoms with Crippen LogP contribution in [0.4, 0.5) is 0 Å². The number of amides is 1. The fourth-order valence-corrected chi connectivity index (χ4v) is 2.13. The van der Waals surface area contributed by atoms with Crippen LogP contribution in [-0.2, 0) is 11.2 Å². The van der Waals surface area contributed by atoms with Gasteiger partial charge in [0.15, 0.2) is 0 Å². The first-order chi connectivity index (χ1) is 8.85. The van der Waals surface area contributed by atoms with Crippen LogP contribution in [0.5, 0.6) is 5.75 Å². The van der Waals surface area contributed by atoms with Gasteiger partial charge in [-0.05, 0) is 50.8 Å². The van der Waals surface area contributed by atoms with E-state index < -0.39 is 0 Å². The molecule has 0 heterocycles. The number of nitrogens with two attached hydrogens (primary N) is 1. The van der Waals surface area contributed by atoms with Crippen LogP contribution < -0.4 is 11.1 Å². The molecule has 106 valence electrons. The summed E-state index contributed by atoms with van der Waals surface area (Å²) in [6.45, 7) is 7.90. The number of carbonyl (C=O) groups excluding carboxylic acids is 1. The Kier molecular flexibility index (Phi) is 5.36. The topological polar surface area (TPSA) is 75.4 Å². The molecule has 0 bridgehead atoms. The predicted molar refractivity (Wildman–Crippen MR) is 77.1 cm³/mol. The fourth-order valence-electron chi connectivity index (χ4n) is 2.13. The lowest BCUT2D eigenvalue weighted by molar-refractivity contribution is -0.125. The van der Waals surface area contributed by atoms with E-state index in [4.69, 9.17) is 5.73 Å². The highest BCUT2D eigenvalue weighted by molar-refractivity contribution is 5.79. The Morgan fingerprint density at radius 3 is 2.26 bits per heavy atom. The molecular formula is C15H24N2O2. The van der Waals surface area contributed by atoms with Crippen LogP contribution in [-0.4, -0.2) is 23.6 Å². The minimum atomic E-state index is -0.231. The molecule has 1 unspecified atom stereocenters. The zero-order valence-electron chi connectivity index (χ0n) is 12.2. The van der Waals surface area contributed by atoms with Crippen LogP contribution in [0.1, 0.15) is 30.5 Å². The third-order valence-corrected chi connectivity index (χ3v) is 3.12. The summed E-state index contributed by atoms with van der Waals surface area (Å²) in [6.07, 6.45) is 0.594. The number of hydrogen-bond acceptors (Lipinski definition) is 3. The molecule has 4 nitrogen and oxygen atoms in total. The van der Waals surface area contributed by atoms with Crippen LogP contribution in [0.25, 0.3) is 0 Å². The number of nitrogens with one attached hydrogen (secondary N) is 1. The maximum Gasteiger partial charge on any atom is 0.224 e. The van der Waals surface area contributed by atoms with Crippen LogP contribution in [0, 0.1) is 19.8 Å². The van der Waals surface area contributed by atoms with Gasteiger partial charge in [0.05, 0.1) is 5.92 Å². The number of benzene rings is 1. The van der Waals surface area contributed by atoms with E-state index in [1.807, 2.05) is 39.8 Å². The molecule has 0 saturated carbocycles. The summed E-state index contributed by atoms with van der Waals surface area (Å²) in [5.74, 6) is 0.0753. The number of phenolic OH excluding ortho intramolecular Hbond substituents is 1. The van der Waals surface area contributed by atoms with Crippen molar-refractivity contribution >= 4 is 5.91 Å². The Morgan fingerprint density at radius 2 is 1.84 bits per heavy atom. The minimum absolute atomic E-state index is 0.0131. The van der Waals surface area contributed by atoms with Crippen LogP contribution in [0.15, 0.2) is 12.1 Å². The van der Waals surface area contributed by atoms with E-state index in [0.29, 0.717) is 18.7 Å². The fraction of sp³-hybridized carbons (Fsp3) is 0.533. The molecule has 1 aromatic rings. The van der Waals surface area contributed by atoms with Crippen molar-refractivity contribution in [2.45, 2.75) is 40.2 Å². The first-order valence-electron chi connectivity index (χ1n) is 6.64. The second kappa shape index (κ2) is 6.57. The lowest BCUT2D eigenvalue weighted by Gasteiger charge is -2.18. The molecular weight excluding hydrogens is 240 g/mol. The minimum Gasteiger partial charge on any atom is -0.507 e. The Bertz CT molecular complexity index is 432. The maximum atomic E-state index is 12.0. The second-order valence-electron chi connectivity index (χ2n) is 5.38. The number of carbonyl (C=O) groups is 1. The molecule has 0 spiro atoms. The van der Waals surface area contributed by atoms with Crippen LogP contribution in [0.2, 0.25) is 0 Å². The summed E-state index contributed by atoms with van der Waals surface area (Å²) in [7, 11) is 0. The Hall–Kier alpha value is -1.55. The summed E-state index contributed by atoms with van der Waals surface area (Å²) in [6, 6.07) is 3.94. The molecule has 0 saturated heterocycles. The van der Waals surface area contributed by atoms with Crippen molar-refractivity contribution in [2.24, 2.45) is 11.7 Å². The van der Waals surface area contributed by atoms with Gasteiger partial charge in [-0.15, -0.1) is 0 Å². The van der Waals surface area contributed by atoms with Gasteiger partial charge in [-0.25, -0.2) is 0 Å². The van der Waals surface area contributed by atoms with E-state index in [2.05, 4.69) is 5.32 Å². The van der Waals surface area contributed by atoms with Crippen LogP contribution >= 0.6 is 0 Å². The SMILES string of the molecule is Cc1cc(CC(CN)C(=O)NC(C)C)cc(C)c1O. The summed E-state index contributed by atoms with van der Waals surface area (Å²) < 4.78 is 0. The Morgan fingerprint density at radius 1 is 1.32 bits per heavy atom. The molecule has 1 amide bonds. The zero-order valence-corrected chi connectivity index (χ0v) is 12.2. The predicted octanol–water partition coefficient (Wildman–Crippen LogP) is 1.65. The van der Waals surface area contributed by atoms with E-state index in [0.717, 1.165) is 16.7 Å². The van der Waals surface area contributed by atoms with Crippen molar-refractivity contribution in [3.63, 3.8) is 0 Å². The highest BCUT2D eigenvalue weighted by Crippen LogP contribution is 2.24. The standard InChI is InChI=1S/C15H24N2O2/c1-9(2)17-15(19)13(8-16)7-12-5-10(3)14(18)11(4)6-12/h5-6,9,13,18H,7-8,16H2,1-4H3,(H,17,19). The summed E-state index contributed by atoms with van der Waals surface area (Å²) in [5, 5.41) is 12.6. The number of aromatic hydroxyl groups is 1. The molecule has 4 N–H and O–H groups in total. The van der Waals surface area contributed by atoms with Gasteiger partial charge < -0.3 is 16.2 Å². The van der Waals surface area contributed by atoms with Crippen molar-refractivity contribution in [1.29, 1.82) is 0 Å². The van der Waals surface area contributed by atoms with Gasteiger partial charge >= 0.3 is 0 Å². The lowest BCUT2D eigenvalue weighted by Crippen LogP contribution is -2.39. The van der Waals surface area contributed by atoms with Crippen molar-refractivity contribution < 1.29 is 9.90 Å². The number of aryl methyl sites for hydroxylation is 2. The molecule has 0 fully saturated rings. The summed E-state index contributed by atoms with van der Waals surface area (Å²) >= 11 is 0.